The Labute approximate surface area is 134 Å². The van der Waals surface area contributed by atoms with Gasteiger partial charge >= 0.3 is 0 Å². The number of nitro groups is 1. The molecular weight excluding hydrogens is 294 g/mol. The highest BCUT2D eigenvalue weighted by Crippen LogP contribution is 2.32. The van der Waals surface area contributed by atoms with E-state index >= 15 is 0 Å². The molecule has 0 aliphatic heterocycles. The monoisotopic (exact) mass is 313 g/mol. The summed E-state index contributed by atoms with van der Waals surface area (Å²) in [6.07, 6.45) is 1.43. The zero-order valence-corrected chi connectivity index (χ0v) is 12.9. The molecule has 1 N–H and O–H groups in total. The van der Waals surface area contributed by atoms with Crippen LogP contribution in [0.1, 0.15) is 12.8 Å². The number of nitrogens with zero attached hydrogens (tertiary/aromatic N) is 3. The van der Waals surface area contributed by atoms with Crippen molar-refractivity contribution in [1.29, 1.82) is 0 Å². The lowest BCUT2D eigenvalue weighted by Gasteiger charge is -2.34. The molecule has 0 saturated heterocycles. The molecule has 1 saturated carbocycles. The Hall–Kier alpha value is -2.47. The molecule has 0 radical (unpaired) electrons. The molecule has 1 heterocycles. The van der Waals surface area contributed by atoms with Crippen LogP contribution in [-0.2, 0) is 0 Å². The van der Waals surface area contributed by atoms with Crippen molar-refractivity contribution in [2.24, 2.45) is 5.92 Å². The summed E-state index contributed by atoms with van der Waals surface area (Å²) >= 11 is 0. The van der Waals surface area contributed by atoms with Crippen LogP contribution in [0.15, 0.2) is 42.5 Å². The van der Waals surface area contributed by atoms with Crippen LogP contribution in [0.4, 0.5) is 11.5 Å². The van der Waals surface area contributed by atoms with Crippen molar-refractivity contribution in [3.63, 3.8) is 0 Å². The van der Waals surface area contributed by atoms with Gasteiger partial charge in [-0.2, -0.15) is 0 Å². The number of aliphatic hydroxyl groups excluding tert-OH is 1. The van der Waals surface area contributed by atoms with Crippen molar-refractivity contribution >= 4 is 11.5 Å². The molecule has 0 bridgehead atoms. The molecule has 1 aliphatic carbocycles. The highest BCUT2D eigenvalue weighted by molar-refractivity contribution is 5.71. The highest BCUT2D eigenvalue weighted by atomic mass is 16.6. The van der Waals surface area contributed by atoms with Crippen LogP contribution in [0.2, 0.25) is 0 Å². The molecule has 1 aliphatic rings. The van der Waals surface area contributed by atoms with E-state index in [1.807, 2.05) is 42.3 Å². The second kappa shape index (κ2) is 6.34. The van der Waals surface area contributed by atoms with Gasteiger partial charge in [0.05, 0.1) is 11.0 Å². The van der Waals surface area contributed by atoms with E-state index in [9.17, 15) is 15.2 Å². The van der Waals surface area contributed by atoms with Crippen molar-refractivity contribution < 1.29 is 10.0 Å². The smallest absolute Gasteiger partial charge is 0.295 e. The Balaban J connectivity index is 1.89. The van der Waals surface area contributed by atoms with Gasteiger partial charge in [-0.15, -0.1) is 0 Å². The van der Waals surface area contributed by atoms with E-state index in [0.717, 1.165) is 24.9 Å². The van der Waals surface area contributed by atoms with E-state index in [1.54, 1.807) is 6.07 Å². The summed E-state index contributed by atoms with van der Waals surface area (Å²) in [4.78, 5) is 17.4. The Morgan fingerprint density at radius 3 is 2.57 bits per heavy atom. The van der Waals surface area contributed by atoms with Gasteiger partial charge in [0.2, 0.25) is 0 Å². The highest BCUT2D eigenvalue weighted by Gasteiger charge is 2.28. The summed E-state index contributed by atoms with van der Waals surface area (Å²) < 4.78 is 0. The van der Waals surface area contributed by atoms with E-state index < -0.39 is 4.92 Å². The van der Waals surface area contributed by atoms with Crippen LogP contribution >= 0.6 is 0 Å². The van der Waals surface area contributed by atoms with Gasteiger partial charge in [0.15, 0.2) is 5.69 Å². The first-order chi connectivity index (χ1) is 11.0. The third-order valence-corrected chi connectivity index (χ3v) is 4.24. The van der Waals surface area contributed by atoms with E-state index in [4.69, 9.17) is 0 Å². The van der Waals surface area contributed by atoms with Crippen LogP contribution < -0.4 is 4.90 Å². The molecule has 0 amide bonds. The fourth-order valence-corrected chi connectivity index (χ4v) is 2.94. The first-order valence-electron chi connectivity index (χ1n) is 7.64. The third kappa shape index (κ3) is 3.32. The molecule has 6 heteroatoms. The number of anilines is 1. The van der Waals surface area contributed by atoms with Gasteiger partial charge in [-0.25, -0.2) is 4.98 Å². The minimum atomic E-state index is -0.401. The summed E-state index contributed by atoms with van der Waals surface area (Å²) in [5.74, 6) is 1.16. The van der Waals surface area contributed by atoms with Crippen LogP contribution in [0, 0.1) is 16.0 Å². The minimum absolute atomic E-state index is 0.00687. The van der Waals surface area contributed by atoms with Gasteiger partial charge in [-0.1, -0.05) is 30.3 Å². The predicted octanol–water partition coefficient (Wildman–Crippen LogP) is 2.86. The lowest BCUT2D eigenvalue weighted by Crippen LogP contribution is -2.37. The Bertz CT molecular complexity index is 699. The van der Waals surface area contributed by atoms with Crippen molar-refractivity contribution in [3.8, 4) is 11.3 Å². The van der Waals surface area contributed by atoms with Gasteiger partial charge < -0.3 is 10.0 Å². The first-order valence-corrected chi connectivity index (χ1v) is 7.64. The molecule has 0 atom stereocenters. The topological polar surface area (TPSA) is 79.5 Å². The number of rotatable bonds is 5. The molecule has 23 heavy (non-hydrogen) atoms. The molecule has 0 spiro atoms. The quantitative estimate of drug-likeness (QED) is 0.678. The van der Waals surface area contributed by atoms with Crippen LogP contribution in [-0.4, -0.2) is 34.7 Å². The van der Waals surface area contributed by atoms with Crippen LogP contribution in [0.5, 0.6) is 0 Å². The maximum atomic E-state index is 11.3. The second-order valence-corrected chi connectivity index (χ2v) is 6.03. The van der Waals surface area contributed by atoms with E-state index in [0.29, 0.717) is 17.4 Å². The first kappa shape index (κ1) is 15.4. The molecule has 2 aromatic rings. The number of hydrogen-bond donors (Lipinski definition) is 1. The normalized spacial score (nSPS) is 19.9. The summed E-state index contributed by atoms with van der Waals surface area (Å²) in [6, 6.07) is 12.4. The van der Waals surface area contributed by atoms with Crippen molar-refractivity contribution in [2.45, 2.75) is 18.9 Å². The molecule has 1 aromatic heterocycles. The number of hydrogen-bond acceptors (Lipinski definition) is 5. The predicted molar refractivity (Wildman–Crippen MR) is 88.3 cm³/mol. The molecular formula is C17H19N3O3. The standard InChI is InChI=1S/C17H19N3O3/c1-19(11-12-9-14(21)10-12)16-8-7-15(20(22)23)17(18-16)13-5-3-2-4-6-13/h2-8,12,14,21H,9-11H2,1H3. The summed E-state index contributed by atoms with van der Waals surface area (Å²) in [7, 11) is 1.92. The zero-order chi connectivity index (χ0) is 16.4. The number of aromatic nitrogens is 1. The maximum Gasteiger partial charge on any atom is 0.295 e. The van der Waals surface area contributed by atoms with Crippen molar-refractivity contribution in [1.82, 2.24) is 4.98 Å². The van der Waals surface area contributed by atoms with Gasteiger partial charge in [-0.3, -0.25) is 10.1 Å². The van der Waals surface area contributed by atoms with E-state index in [2.05, 4.69) is 4.98 Å². The minimum Gasteiger partial charge on any atom is -0.393 e. The summed E-state index contributed by atoms with van der Waals surface area (Å²) in [5, 5.41) is 20.7. The van der Waals surface area contributed by atoms with Crippen molar-refractivity contribution in [2.75, 3.05) is 18.5 Å². The zero-order valence-electron chi connectivity index (χ0n) is 12.9. The number of benzene rings is 1. The fourth-order valence-electron chi connectivity index (χ4n) is 2.94. The fraction of sp³-hybridized carbons (Fsp3) is 0.353. The molecule has 0 unspecified atom stereocenters. The second-order valence-electron chi connectivity index (χ2n) is 6.03. The SMILES string of the molecule is CN(CC1CC(O)C1)c1ccc([N+](=O)[O-])c(-c2ccccc2)n1. The lowest BCUT2D eigenvalue weighted by molar-refractivity contribution is -0.384. The number of pyridine rings is 1. The average Bonchev–Trinajstić information content (AvgIpc) is 2.53. The Morgan fingerprint density at radius 2 is 1.96 bits per heavy atom. The van der Waals surface area contributed by atoms with E-state index in [-0.39, 0.29) is 11.8 Å². The van der Waals surface area contributed by atoms with Gasteiger partial charge in [0, 0.05) is 25.2 Å². The largest absolute Gasteiger partial charge is 0.393 e. The Kier molecular flexibility index (Phi) is 4.25. The van der Waals surface area contributed by atoms with Gasteiger partial charge in [-0.05, 0) is 24.8 Å². The van der Waals surface area contributed by atoms with Crippen LogP contribution in [0.25, 0.3) is 11.3 Å². The van der Waals surface area contributed by atoms with Crippen LogP contribution in [0.3, 0.4) is 0 Å². The molecule has 6 nitrogen and oxygen atoms in total. The molecule has 3 rings (SSSR count). The molecule has 120 valence electrons. The molecule has 1 fully saturated rings. The van der Waals surface area contributed by atoms with E-state index in [1.165, 1.54) is 6.07 Å². The molecule has 1 aromatic carbocycles. The lowest BCUT2D eigenvalue weighted by atomic mass is 9.82. The van der Waals surface area contributed by atoms with Gasteiger partial charge in [0.25, 0.3) is 5.69 Å². The van der Waals surface area contributed by atoms with Crippen molar-refractivity contribution in [3.05, 3.63) is 52.6 Å². The summed E-state index contributed by atoms with van der Waals surface area (Å²) in [5.41, 5.74) is 1.12. The maximum absolute atomic E-state index is 11.3. The average molecular weight is 313 g/mol. The number of aliphatic hydroxyl groups is 1. The third-order valence-electron chi connectivity index (χ3n) is 4.24. The van der Waals surface area contributed by atoms with Gasteiger partial charge in [0.1, 0.15) is 5.82 Å². The summed E-state index contributed by atoms with van der Waals surface area (Å²) in [6.45, 7) is 0.788. The Morgan fingerprint density at radius 1 is 1.26 bits per heavy atom.